The third-order valence-corrected chi connectivity index (χ3v) is 4.14. The van der Waals surface area contributed by atoms with Gasteiger partial charge in [-0.05, 0) is 23.1 Å². The van der Waals surface area contributed by atoms with Gasteiger partial charge >= 0.3 is 0 Å². The number of benzene rings is 2. The molecule has 2 aromatic carbocycles. The molecule has 22 heavy (non-hydrogen) atoms. The monoisotopic (exact) mass is 295 g/mol. The van der Waals surface area contributed by atoms with Gasteiger partial charge in [0.2, 0.25) is 5.91 Å². The number of carbonyl (C=O) groups is 1. The Labute approximate surface area is 131 Å². The van der Waals surface area contributed by atoms with E-state index in [0.29, 0.717) is 19.8 Å². The van der Waals surface area contributed by atoms with Gasteiger partial charge in [-0.25, -0.2) is 0 Å². The van der Waals surface area contributed by atoms with E-state index in [1.165, 1.54) is 11.1 Å². The van der Waals surface area contributed by atoms with Gasteiger partial charge in [-0.1, -0.05) is 54.6 Å². The number of hydrogen-bond acceptors (Lipinski definition) is 2. The molecule has 3 heteroatoms. The summed E-state index contributed by atoms with van der Waals surface area (Å²) in [6, 6.07) is 18.7. The van der Waals surface area contributed by atoms with Gasteiger partial charge in [0.25, 0.3) is 0 Å². The van der Waals surface area contributed by atoms with Crippen molar-refractivity contribution in [2.45, 2.75) is 13.0 Å². The second-order valence-electron chi connectivity index (χ2n) is 5.82. The Kier molecular flexibility index (Phi) is 4.54. The van der Waals surface area contributed by atoms with Crippen LogP contribution in [0, 0.1) is 5.92 Å². The molecule has 0 aromatic heterocycles. The van der Waals surface area contributed by atoms with Crippen molar-refractivity contribution in [1.29, 1.82) is 0 Å². The molecule has 0 aliphatic carbocycles. The van der Waals surface area contributed by atoms with Crippen molar-refractivity contribution in [3.05, 3.63) is 60.2 Å². The largest absolute Gasteiger partial charge is 0.381 e. The summed E-state index contributed by atoms with van der Waals surface area (Å²) >= 11 is 0. The first-order valence-electron chi connectivity index (χ1n) is 7.71. The molecule has 3 nitrogen and oxygen atoms in total. The van der Waals surface area contributed by atoms with Crippen molar-refractivity contribution in [3.8, 4) is 11.1 Å². The lowest BCUT2D eigenvalue weighted by Crippen LogP contribution is -2.32. The zero-order valence-electron chi connectivity index (χ0n) is 12.9. The molecule has 1 aliphatic heterocycles. The maximum Gasteiger partial charge on any atom is 0.228 e. The molecule has 1 aliphatic rings. The van der Waals surface area contributed by atoms with Crippen LogP contribution in [0.3, 0.4) is 0 Å². The second kappa shape index (κ2) is 6.75. The summed E-state index contributed by atoms with van der Waals surface area (Å²) in [6.07, 6.45) is 0.843. The molecule has 0 N–H and O–H groups in total. The summed E-state index contributed by atoms with van der Waals surface area (Å²) in [5.41, 5.74) is 3.55. The van der Waals surface area contributed by atoms with Crippen LogP contribution in [-0.4, -0.2) is 31.1 Å². The smallest absolute Gasteiger partial charge is 0.228 e. The average molecular weight is 295 g/mol. The lowest BCUT2D eigenvalue weighted by molar-refractivity contribution is -0.134. The fraction of sp³-hybridized carbons (Fsp3) is 0.316. The summed E-state index contributed by atoms with van der Waals surface area (Å²) in [5.74, 6) is 0.221. The summed E-state index contributed by atoms with van der Waals surface area (Å²) in [5, 5.41) is 0. The number of ether oxygens (including phenoxy) is 1. The molecule has 1 atom stereocenters. The maximum atomic E-state index is 12.3. The van der Waals surface area contributed by atoms with Crippen LogP contribution < -0.4 is 0 Å². The molecule has 114 valence electrons. The van der Waals surface area contributed by atoms with Gasteiger partial charge < -0.3 is 9.64 Å². The van der Waals surface area contributed by atoms with Gasteiger partial charge in [0.15, 0.2) is 0 Å². The molecule has 0 spiro atoms. The summed E-state index contributed by atoms with van der Waals surface area (Å²) in [7, 11) is 1.87. The van der Waals surface area contributed by atoms with Gasteiger partial charge in [-0.3, -0.25) is 4.79 Å². The molecule has 0 bridgehead atoms. The Hall–Kier alpha value is -2.13. The van der Waals surface area contributed by atoms with E-state index in [1.807, 2.05) is 25.2 Å². The van der Waals surface area contributed by atoms with Crippen molar-refractivity contribution >= 4 is 5.91 Å². The van der Waals surface area contributed by atoms with Crippen molar-refractivity contribution in [2.75, 3.05) is 20.3 Å². The molecule has 1 unspecified atom stereocenters. The number of nitrogens with zero attached hydrogens (tertiary/aromatic N) is 1. The molecule has 1 fully saturated rings. The van der Waals surface area contributed by atoms with Crippen LogP contribution >= 0.6 is 0 Å². The Bertz CT molecular complexity index is 616. The van der Waals surface area contributed by atoms with Gasteiger partial charge in [0.05, 0.1) is 12.5 Å². The van der Waals surface area contributed by atoms with Crippen molar-refractivity contribution in [3.63, 3.8) is 0 Å². The highest BCUT2D eigenvalue weighted by Crippen LogP contribution is 2.20. The van der Waals surface area contributed by atoms with Gasteiger partial charge in [-0.2, -0.15) is 0 Å². The normalized spacial score (nSPS) is 17.4. The van der Waals surface area contributed by atoms with Crippen LogP contribution in [0.25, 0.3) is 11.1 Å². The van der Waals surface area contributed by atoms with E-state index in [4.69, 9.17) is 4.74 Å². The predicted octanol–water partition coefficient (Wildman–Crippen LogP) is 3.35. The number of carbonyl (C=O) groups excluding carboxylic acids is 1. The minimum Gasteiger partial charge on any atom is -0.381 e. The maximum absolute atomic E-state index is 12.3. The van der Waals surface area contributed by atoms with E-state index >= 15 is 0 Å². The highest BCUT2D eigenvalue weighted by Gasteiger charge is 2.26. The Morgan fingerprint density at radius 3 is 2.41 bits per heavy atom. The molecule has 3 rings (SSSR count). The molecule has 1 amide bonds. The van der Waals surface area contributed by atoms with Crippen LogP contribution in [0.2, 0.25) is 0 Å². The highest BCUT2D eigenvalue weighted by atomic mass is 16.5. The van der Waals surface area contributed by atoms with Crippen molar-refractivity contribution in [2.24, 2.45) is 5.92 Å². The zero-order chi connectivity index (χ0) is 15.4. The fourth-order valence-electron chi connectivity index (χ4n) is 2.83. The second-order valence-corrected chi connectivity index (χ2v) is 5.82. The van der Waals surface area contributed by atoms with E-state index < -0.39 is 0 Å². The molecule has 1 heterocycles. The highest BCUT2D eigenvalue weighted by molar-refractivity contribution is 5.79. The first-order valence-corrected chi connectivity index (χ1v) is 7.71. The molecular weight excluding hydrogens is 274 g/mol. The van der Waals surface area contributed by atoms with Crippen LogP contribution in [-0.2, 0) is 16.1 Å². The number of hydrogen-bond donors (Lipinski definition) is 0. The summed E-state index contributed by atoms with van der Waals surface area (Å²) in [4.78, 5) is 14.1. The predicted molar refractivity (Wildman–Crippen MR) is 87.3 cm³/mol. The van der Waals surface area contributed by atoms with Crippen molar-refractivity contribution < 1.29 is 9.53 Å². The first kappa shape index (κ1) is 14.8. The lowest BCUT2D eigenvalue weighted by Gasteiger charge is -2.20. The Morgan fingerprint density at radius 2 is 1.77 bits per heavy atom. The quantitative estimate of drug-likeness (QED) is 0.865. The van der Waals surface area contributed by atoms with E-state index in [0.717, 1.165) is 12.0 Å². The van der Waals surface area contributed by atoms with E-state index in [9.17, 15) is 4.79 Å². The third kappa shape index (κ3) is 3.37. The zero-order valence-corrected chi connectivity index (χ0v) is 12.9. The first-order chi connectivity index (χ1) is 10.7. The Morgan fingerprint density at radius 1 is 1.09 bits per heavy atom. The van der Waals surface area contributed by atoms with E-state index in [2.05, 4.69) is 36.4 Å². The minimum atomic E-state index is 0.0357. The van der Waals surface area contributed by atoms with Crippen LogP contribution in [0.5, 0.6) is 0 Å². The summed E-state index contributed by atoms with van der Waals surface area (Å²) in [6.45, 7) is 1.91. The number of amides is 1. The van der Waals surface area contributed by atoms with Crippen LogP contribution in [0.15, 0.2) is 54.6 Å². The molecular formula is C19H21NO2. The van der Waals surface area contributed by atoms with Gasteiger partial charge in [-0.15, -0.1) is 0 Å². The molecule has 2 aromatic rings. The minimum absolute atomic E-state index is 0.0357. The SMILES string of the molecule is CN(Cc1ccc(-c2ccccc2)cc1)C(=O)C1CCOC1. The lowest BCUT2D eigenvalue weighted by atomic mass is 10.0. The fourth-order valence-corrected chi connectivity index (χ4v) is 2.83. The van der Waals surface area contributed by atoms with Gasteiger partial charge in [0.1, 0.15) is 0 Å². The van der Waals surface area contributed by atoms with Crippen LogP contribution in [0.4, 0.5) is 0 Å². The molecule has 0 radical (unpaired) electrons. The molecule has 1 saturated heterocycles. The third-order valence-electron chi connectivity index (χ3n) is 4.14. The topological polar surface area (TPSA) is 29.5 Å². The van der Waals surface area contributed by atoms with Crippen LogP contribution in [0.1, 0.15) is 12.0 Å². The Balaban J connectivity index is 1.64. The van der Waals surface area contributed by atoms with Crippen molar-refractivity contribution in [1.82, 2.24) is 4.90 Å². The van der Waals surface area contributed by atoms with Gasteiger partial charge in [0, 0.05) is 20.2 Å². The average Bonchev–Trinajstić information content (AvgIpc) is 3.10. The summed E-state index contributed by atoms with van der Waals surface area (Å²) < 4.78 is 5.30. The molecule has 0 saturated carbocycles. The van der Waals surface area contributed by atoms with E-state index in [-0.39, 0.29) is 11.8 Å². The standard InChI is InChI=1S/C19H21NO2/c1-20(19(21)18-11-12-22-14-18)13-15-7-9-17(10-8-15)16-5-3-2-4-6-16/h2-10,18H,11-14H2,1H3. The van der Waals surface area contributed by atoms with E-state index in [1.54, 1.807) is 4.90 Å². The number of rotatable bonds is 4.